The van der Waals surface area contributed by atoms with E-state index in [1.807, 2.05) is 23.2 Å². The van der Waals surface area contributed by atoms with Crippen molar-refractivity contribution in [3.05, 3.63) is 83.6 Å². The molecule has 0 saturated heterocycles. The second-order valence-corrected chi connectivity index (χ2v) is 9.82. The van der Waals surface area contributed by atoms with Gasteiger partial charge in [0.1, 0.15) is 18.2 Å². The molecule has 0 spiro atoms. The van der Waals surface area contributed by atoms with Crippen LogP contribution in [-0.4, -0.2) is 26.5 Å². The van der Waals surface area contributed by atoms with Crippen LogP contribution in [0, 0.1) is 5.92 Å². The lowest BCUT2D eigenvalue weighted by atomic mass is 9.77. The van der Waals surface area contributed by atoms with Crippen molar-refractivity contribution in [2.45, 2.75) is 50.9 Å². The quantitative estimate of drug-likeness (QED) is 0.392. The Hall–Kier alpha value is -4.08. The molecular formula is C28H27F3N4O3. The number of nitrogens with zero attached hydrogens (tertiary/aromatic N) is 3. The van der Waals surface area contributed by atoms with Crippen molar-refractivity contribution in [3.63, 3.8) is 0 Å². The minimum Gasteiger partial charge on any atom is -0.481 e. The van der Waals surface area contributed by atoms with Gasteiger partial charge in [0, 0.05) is 30.2 Å². The molecule has 38 heavy (non-hydrogen) atoms. The van der Waals surface area contributed by atoms with Gasteiger partial charge in [0.05, 0.1) is 5.56 Å². The summed E-state index contributed by atoms with van der Waals surface area (Å²) in [4.78, 5) is 30.0. The molecule has 0 radical (unpaired) electrons. The summed E-state index contributed by atoms with van der Waals surface area (Å²) >= 11 is 0. The monoisotopic (exact) mass is 524 g/mol. The number of hydrogen-bond acceptors (Lipinski definition) is 4. The number of amides is 1. The highest BCUT2D eigenvalue weighted by atomic mass is 19.4. The number of rotatable bonds is 6. The smallest absolute Gasteiger partial charge is 0.416 e. The van der Waals surface area contributed by atoms with E-state index in [2.05, 4.69) is 22.4 Å². The van der Waals surface area contributed by atoms with Crippen LogP contribution in [-0.2, 0) is 17.6 Å². The number of aromatic nitrogens is 2. The number of alkyl halides is 3. The van der Waals surface area contributed by atoms with E-state index in [4.69, 9.17) is 5.11 Å². The molecule has 0 bridgehead atoms. The summed E-state index contributed by atoms with van der Waals surface area (Å²) in [5, 5.41) is 11.5. The molecule has 1 aromatic heterocycles. The van der Waals surface area contributed by atoms with Crippen molar-refractivity contribution in [3.8, 4) is 0 Å². The van der Waals surface area contributed by atoms with Crippen molar-refractivity contribution in [1.82, 2.24) is 9.55 Å². The molecule has 10 heteroatoms. The number of halogens is 3. The first kappa shape index (κ1) is 25.6. The Labute approximate surface area is 217 Å². The molecule has 0 unspecified atom stereocenters. The van der Waals surface area contributed by atoms with Gasteiger partial charge in [-0.05, 0) is 79.5 Å². The molecule has 1 aliphatic carbocycles. The number of anilines is 2. The summed E-state index contributed by atoms with van der Waals surface area (Å²) in [6.45, 7) is 0.426. The minimum absolute atomic E-state index is 0.0448. The summed E-state index contributed by atoms with van der Waals surface area (Å²) in [7, 11) is 0. The van der Waals surface area contributed by atoms with E-state index in [1.165, 1.54) is 17.7 Å². The molecule has 1 amide bonds. The van der Waals surface area contributed by atoms with Gasteiger partial charge in [-0.2, -0.15) is 13.2 Å². The largest absolute Gasteiger partial charge is 0.481 e. The lowest BCUT2D eigenvalue weighted by Gasteiger charge is -2.29. The molecule has 1 saturated carbocycles. The average Bonchev–Trinajstić information content (AvgIpc) is 3.32. The van der Waals surface area contributed by atoms with Crippen LogP contribution in [0.3, 0.4) is 0 Å². The zero-order valence-corrected chi connectivity index (χ0v) is 20.5. The zero-order valence-electron chi connectivity index (χ0n) is 20.5. The predicted molar refractivity (Wildman–Crippen MR) is 137 cm³/mol. The molecule has 198 valence electrons. The highest BCUT2D eigenvalue weighted by Crippen LogP contribution is 2.38. The van der Waals surface area contributed by atoms with Crippen molar-refractivity contribution >= 4 is 29.3 Å². The first-order valence-corrected chi connectivity index (χ1v) is 12.5. The molecule has 0 atom stereocenters. The number of nitrogens with one attached hydrogen (secondary N) is 1. The standard InChI is InChI=1S/C28H27F3N4O3/c29-28(30,31)21-2-1-3-22(15-21)32-27(38)24-16-35-17-34(13-12-25(35)33-24)23-10-8-20(9-11-23)19-6-4-18(5-7-19)14-26(36)37/h1-3,8-13,15-16,18-19H,4-7,14,17H2,(H,32,38)(H,36,37). The number of aliphatic carboxylic acids is 1. The molecular weight excluding hydrogens is 497 g/mol. The lowest BCUT2D eigenvalue weighted by molar-refractivity contribution is -0.139. The fourth-order valence-corrected chi connectivity index (χ4v) is 5.17. The Balaban J connectivity index is 1.21. The van der Waals surface area contributed by atoms with Gasteiger partial charge in [0.2, 0.25) is 0 Å². The van der Waals surface area contributed by atoms with Crippen LogP contribution in [0.4, 0.5) is 24.5 Å². The summed E-state index contributed by atoms with van der Waals surface area (Å²) in [5.74, 6) is -0.0391. The van der Waals surface area contributed by atoms with Crippen LogP contribution in [0.15, 0.2) is 60.9 Å². The fraction of sp³-hybridized carbons (Fsp3) is 0.321. The fourth-order valence-electron chi connectivity index (χ4n) is 5.17. The number of benzene rings is 2. The molecule has 7 nitrogen and oxygen atoms in total. The number of carboxylic acids is 1. The lowest BCUT2D eigenvalue weighted by Crippen LogP contribution is -2.23. The maximum Gasteiger partial charge on any atom is 0.416 e. The van der Waals surface area contributed by atoms with Crippen molar-refractivity contribution in [1.29, 1.82) is 0 Å². The van der Waals surface area contributed by atoms with Crippen LogP contribution in [0.2, 0.25) is 0 Å². The Bertz CT molecular complexity index is 1360. The third-order valence-electron chi connectivity index (χ3n) is 7.20. The Morgan fingerprint density at radius 3 is 2.47 bits per heavy atom. The number of carboxylic acid groups (broad SMARTS) is 1. The minimum atomic E-state index is -4.50. The van der Waals surface area contributed by atoms with Crippen LogP contribution in [0.1, 0.15) is 65.5 Å². The highest BCUT2D eigenvalue weighted by Gasteiger charge is 2.30. The number of carbonyl (C=O) groups is 2. The van der Waals surface area contributed by atoms with E-state index in [9.17, 15) is 22.8 Å². The number of fused-ring (bicyclic) bond motifs is 1. The summed E-state index contributed by atoms with van der Waals surface area (Å²) in [5.41, 5.74) is 1.54. The number of carbonyl (C=O) groups excluding carboxylic acids is 1. The van der Waals surface area contributed by atoms with Gasteiger partial charge in [0.25, 0.3) is 5.91 Å². The second kappa shape index (κ2) is 10.4. The van der Waals surface area contributed by atoms with Gasteiger partial charge in [-0.25, -0.2) is 4.98 Å². The van der Waals surface area contributed by atoms with Gasteiger partial charge in [-0.15, -0.1) is 0 Å². The maximum atomic E-state index is 13.0. The Morgan fingerprint density at radius 1 is 1.05 bits per heavy atom. The van der Waals surface area contributed by atoms with Crippen LogP contribution in [0.25, 0.3) is 6.08 Å². The van der Waals surface area contributed by atoms with Crippen molar-refractivity contribution in [2.24, 2.45) is 5.92 Å². The van der Waals surface area contributed by atoms with Gasteiger partial charge in [-0.3, -0.25) is 9.59 Å². The third-order valence-corrected chi connectivity index (χ3v) is 7.20. The summed E-state index contributed by atoms with van der Waals surface area (Å²) in [6.07, 6.45) is 4.83. The molecule has 2 heterocycles. The van der Waals surface area contributed by atoms with Gasteiger partial charge in [-0.1, -0.05) is 18.2 Å². The second-order valence-electron chi connectivity index (χ2n) is 9.82. The summed E-state index contributed by atoms with van der Waals surface area (Å²) in [6, 6.07) is 12.8. The first-order chi connectivity index (χ1) is 18.2. The topological polar surface area (TPSA) is 87.5 Å². The van der Waals surface area contributed by atoms with Crippen LogP contribution < -0.4 is 10.2 Å². The van der Waals surface area contributed by atoms with E-state index < -0.39 is 23.6 Å². The van der Waals surface area contributed by atoms with Crippen molar-refractivity contribution < 1.29 is 27.9 Å². The molecule has 5 rings (SSSR count). The van der Waals surface area contributed by atoms with Gasteiger partial charge >= 0.3 is 12.1 Å². The molecule has 3 aromatic rings. The molecule has 2 N–H and O–H groups in total. The van der Waals surface area contributed by atoms with Gasteiger partial charge < -0.3 is 19.9 Å². The third kappa shape index (κ3) is 5.74. The molecule has 1 fully saturated rings. The van der Waals surface area contributed by atoms with Crippen LogP contribution in [0.5, 0.6) is 0 Å². The van der Waals surface area contributed by atoms with Crippen LogP contribution >= 0.6 is 0 Å². The Morgan fingerprint density at radius 2 is 1.79 bits per heavy atom. The highest BCUT2D eigenvalue weighted by molar-refractivity contribution is 6.03. The van der Waals surface area contributed by atoms with E-state index in [0.29, 0.717) is 18.4 Å². The van der Waals surface area contributed by atoms with E-state index in [0.717, 1.165) is 43.5 Å². The van der Waals surface area contributed by atoms with E-state index in [1.54, 1.807) is 16.8 Å². The predicted octanol–water partition coefficient (Wildman–Crippen LogP) is 6.35. The zero-order chi connectivity index (χ0) is 26.9. The average molecular weight is 525 g/mol. The number of hydrogen-bond donors (Lipinski definition) is 2. The summed E-state index contributed by atoms with van der Waals surface area (Å²) < 4.78 is 40.7. The normalized spacial score (nSPS) is 19.2. The van der Waals surface area contributed by atoms with Gasteiger partial charge in [0.15, 0.2) is 0 Å². The first-order valence-electron chi connectivity index (χ1n) is 12.5. The van der Waals surface area contributed by atoms with E-state index >= 15 is 0 Å². The SMILES string of the molecule is O=C(O)CC1CCC(c2ccc(N3C=Cc4nc(C(=O)Nc5cccc(C(F)(F)F)c5)cn4C3)cc2)CC1. The molecule has 2 aromatic carbocycles. The molecule has 2 aliphatic rings. The van der Waals surface area contributed by atoms with Crippen molar-refractivity contribution in [2.75, 3.05) is 10.2 Å². The Kier molecular flexibility index (Phi) is 6.96. The number of imidazole rings is 1. The molecule has 1 aliphatic heterocycles. The maximum absolute atomic E-state index is 13.0. The van der Waals surface area contributed by atoms with E-state index in [-0.39, 0.29) is 23.7 Å².